The van der Waals surface area contributed by atoms with E-state index >= 15 is 0 Å². The van der Waals surface area contributed by atoms with Gasteiger partial charge in [0.25, 0.3) is 0 Å². The van der Waals surface area contributed by atoms with Crippen molar-refractivity contribution in [1.82, 2.24) is 9.21 Å². The summed E-state index contributed by atoms with van der Waals surface area (Å²) >= 11 is 6.03. The van der Waals surface area contributed by atoms with Crippen LogP contribution < -0.4 is 0 Å². The molecule has 2 fully saturated rings. The first-order valence-electron chi connectivity index (χ1n) is 7.99. The minimum atomic E-state index is -3.71. The molecule has 1 N–H and O–H groups in total. The topological polar surface area (TPSA) is 95.0 Å². The van der Waals surface area contributed by atoms with Gasteiger partial charge in [-0.2, -0.15) is 4.31 Å². The average molecular weight is 387 g/mol. The van der Waals surface area contributed by atoms with E-state index in [1.165, 1.54) is 15.3 Å². The monoisotopic (exact) mass is 386 g/mol. The van der Waals surface area contributed by atoms with Gasteiger partial charge >= 0.3 is 5.97 Å². The second-order valence-corrected chi connectivity index (χ2v) is 8.77. The molecule has 0 aromatic heterocycles. The Morgan fingerprint density at radius 3 is 2.68 bits per heavy atom. The van der Waals surface area contributed by atoms with Gasteiger partial charge in [-0.05, 0) is 31.0 Å². The van der Waals surface area contributed by atoms with Crippen LogP contribution in [0.25, 0.3) is 0 Å². The molecule has 2 unspecified atom stereocenters. The van der Waals surface area contributed by atoms with Gasteiger partial charge in [0.05, 0.1) is 10.8 Å². The lowest BCUT2D eigenvalue weighted by Crippen LogP contribution is -2.40. The Balaban J connectivity index is 1.78. The van der Waals surface area contributed by atoms with E-state index in [0.717, 1.165) is 0 Å². The SMILES string of the molecule is Cc1c(Cl)cccc1S(=O)(=O)N1CCC(N2CC(C(=O)O)CC2=O)C1. The van der Waals surface area contributed by atoms with Crippen LogP contribution in [0, 0.1) is 12.8 Å². The fourth-order valence-corrected chi connectivity index (χ4v) is 5.41. The maximum absolute atomic E-state index is 12.9. The quantitative estimate of drug-likeness (QED) is 0.842. The number of aliphatic carboxylic acids is 1. The first-order chi connectivity index (χ1) is 11.7. The van der Waals surface area contributed by atoms with Gasteiger partial charge in [-0.15, -0.1) is 0 Å². The van der Waals surface area contributed by atoms with E-state index in [2.05, 4.69) is 0 Å². The number of carboxylic acid groups (broad SMARTS) is 1. The summed E-state index contributed by atoms with van der Waals surface area (Å²) in [6.07, 6.45) is 0.475. The number of benzene rings is 1. The number of hydrogen-bond acceptors (Lipinski definition) is 4. The lowest BCUT2D eigenvalue weighted by Gasteiger charge is -2.24. The molecule has 2 heterocycles. The van der Waals surface area contributed by atoms with Crippen LogP contribution in [0.1, 0.15) is 18.4 Å². The molecule has 9 heteroatoms. The molecule has 1 amide bonds. The van der Waals surface area contributed by atoms with E-state index in [4.69, 9.17) is 16.7 Å². The van der Waals surface area contributed by atoms with Crippen molar-refractivity contribution in [3.63, 3.8) is 0 Å². The van der Waals surface area contributed by atoms with Gasteiger partial charge in [0.15, 0.2) is 0 Å². The van der Waals surface area contributed by atoms with Crippen LogP contribution in [0.3, 0.4) is 0 Å². The summed E-state index contributed by atoms with van der Waals surface area (Å²) in [6, 6.07) is 4.46. The zero-order valence-electron chi connectivity index (χ0n) is 13.7. The van der Waals surface area contributed by atoms with Crippen molar-refractivity contribution in [2.45, 2.75) is 30.7 Å². The highest BCUT2D eigenvalue weighted by molar-refractivity contribution is 7.89. The van der Waals surface area contributed by atoms with E-state index in [9.17, 15) is 18.0 Å². The second-order valence-electron chi connectivity index (χ2n) is 6.45. The van der Waals surface area contributed by atoms with Gasteiger partial charge in [0.1, 0.15) is 0 Å². The van der Waals surface area contributed by atoms with Crippen LogP contribution >= 0.6 is 11.6 Å². The van der Waals surface area contributed by atoms with Crippen molar-refractivity contribution < 1.29 is 23.1 Å². The predicted molar refractivity (Wildman–Crippen MR) is 90.8 cm³/mol. The van der Waals surface area contributed by atoms with Crippen molar-refractivity contribution in [2.24, 2.45) is 5.92 Å². The summed E-state index contributed by atoms with van der Waals surface area (Å²) in [4.78, 5) is 24.8. The average Bonchev–Trinajstić information content (AvgIpc) is 3.16. The third-order valence-corrected chi connectivity index (χ3v) is 7.33. The number of rotatable bonds is 4. The molecule has 0 saturated carbocycles. The lowest BCUT2D eigenvalue weighted by atomic mass is 10.1. The molecule has 25 heavy (non-hydrogen) atoms. The van der Waals surface area contributed by atoms with Crippen LogP contribution in [0.2, 0.25) is 5.02 Å². The standard InChI is InChI=1S/C16H19ClN2O5S/c1-10-13(17)3-2-4-14(10)25(23,24)18-6-5-12(9-18)19-8-11(16(21)22)7-15(19)20/h2-4,11-12H,5-9H2,1H3,(H,21,22). The van der Waals surface area contributed by atoms with Crippen molar-refractivity contribution in [3.8, 4) is 0 Å². The van der Waals surface area contributed by atoms with Crippen LogP contribution in [0.15, 0.2) is 23.1 Å². The predicted octanol–water partition coefficient (Wildman–Crippen LogP) is 1.34. The number of sulfonamides is 1. The third kappa shape index (κ3) is 3.26. The molecule has 0 aliphatic carbocycles. The summed E-state index contributed by atoms with van der Waals surface area (Å²) in [6.45, 7) is 2.26. The van der Waals surface area contributed by atoms with E-state index in [-0.39, 0.29) is 36.4 Å². The summed E-state index contributed by atoms with van der Waals surface area (Å²) in [5, 5.41) is 9.47. The Kier molecular flexibility index (Phi) is 4.78. The Bertz CT molecular complexity index is 826. The zero-order chi connectivity index (χ0) is 18.4. The molecule has 2 aliphatic heterocycles. The van der Waals surface area contributed by atoms with Gasteiger partial charge < -0.3 is 10.0 Å². The molecule has 2 saturated heterocycles. The Morgan fingerprint density at radius 1 is 1.32 bits per heavy atom. The molecule has 136 valence electrons. The van der Waals surface area contributed by atoms with E-state index in [0.29, 0.717) is 23.6 Å². The number of likely N-dealkylation sites (tertiary alicyclic amines) is 1. The molecule has 0 radical (unpaired) electrons. The van der Waals surface area contributed by atoms with Crippen LogP contribution in [-0.2, 0) is 19.6 Å². The molecule has 0 bridgehead atoms. The number of halogens is 1. The van der Waals surface area contributed by atoms with E-state index < -0.39 is 21.9 Å². The van der Waals surface area contributed by atoms with Crippen molar-refractivity contribution >= 4 is 33.5 Å². The largest absolute Gasteiger partial charge is 0.481 e. The molecule has 0 spiro atoms. The number of hydrogen-bond donors (Lipinski definition) is 1. The van der Waals surface area contributed by atoms with Crippen LogP contribution in [0.4, 0.5) is 0 Å². The number of amides is 1. The maximum Gasteiger partial charge on any atom is 0.308 e. The summed E-state index contributed by atoms with van der Waals surface area (Å²) in [5.41, 5.74) is 0.496. The molecule has 1 aromatic rings. The Morgan fingerprint density at radius 2 is 2.04 bits per heavy atom. The van der Waals surface area contributed by atoms with Gasteiger partial charge in [0.2, 0.25) is 15.9 Å². The normalized spacial score (nSPS) is 24.9. The molecular formula is C16H19ClN2O5S. The van der Waals surface area contributed by atoms with Crippen molar-refractivity contribution in [1.29, 1.82) is 0 Å². The highest BCUT2D eigenvalue weighted by atomic mass is 35.5. The molecule has 1 aromatic carbocycles. The second kappa shape index (κ2) is 6.59. The number of nitrogens with zero attached hydrogens (tertiary/aromatic N) is 2. The first kappa shape index (κ1) is 18.2. The van der Waals surface area contributed by atoms with Gasteiger partial charge in [-0.3, -0.25) is 9.59 Å². The van der Waals surface area contributed by atoms with Crippen LogP contribution in [-0.4, -0.2) is 60.3 Å². The minimum absolute atomic E-state index is 0.0218. The molecule has 3 rings (SSSR count). The number of carbonyl (C=O) groups is 2. The smallest absolute Gasteiger partial charge is 0.308 e. The lowest BCUT2D eigenvalue weighted by molar-refractivity contribution is -0.141. The Labute approximate surface area is 151 Å². The fourth-order valence-electron chi connectivity index (χ4n) is 3.44. The minimum Gasteiger partial charge on any atom is -0.481 e. The Hall–Kier alpha value is -1.64. The van der Waals surface area contributed by atoms with E-state index in [1.807, 2.05) is 0 Å². The van der Waals surface area contributed by atoms with Crippen molar-refractivity contribution in [3.05, 3.63) is 28.8 Å². The zero-order valence-corrected chi connectivity index (χ0v) is 15.3. The highest BCUT2D eigenvalue weighted by Gasteiger charge is 2.42. The summed E-state index contributed by atoms with van der Waals surface area (Å²) in [7, 11) is -3.71. The van der Waals surface area contributed by atoms with Gasteiger partial charge in [-0.25, -0.2) is 8.42 Å². The number of carboxylic acids is 1. The maximum atomic E-state index is 12.9. The molecule has 2 atom stereocenters. The van der Waals surface area contributed by atoms with Gasteiger partial charge in [0, 0.05) is 37.1 Å². The number of carbonyl (C=O) groups excluding carboxylic acids is 1. The molecular weight excluding hydrogens is 368 g/mol. The third-order valence-electron chi connectivity index (χ3n) is 4.91. The molecule has 2 aliphatic rings. The fraction of sp³-hybridized carbons (Fsp3) is 0.500. The summed E-state index contributed by atoms with van der Waals surface area (Å²) < 4.78 is 27.1. The van der Waals surface area contributed by atoms with Gasteiger partial charge in [-0.1, -0.05) is 17.7 Å². The van der Waals surface area contributed by atoms with E-state index in [1.54, 1.807) is 19.1 Å². The summed E-state index contributed by atoms with van der Waals surface area (Å²) in [5.74, 6) is -1.93. The molecule has 7 nitrogen and oxygen atoms in total. The van der Waals surface area contributed by atoms with Crippen LogP contribution in [0.5, 0.6) is 0 Å². The van der Waals surface area contributed by atoms with Crippen molar-refractivity contribution in [2.75, 3.05) is 19.6 Å². The first-order valence-corrected chi connectivity index (χ1v) is 9.81. The highest BCUT2D eigenvalue weighted by Crippen LogP contribution is 2.30.